The molecule has 3 N–H and O–H groups in total. The van der Waals surface area contributed by atoms with E-state index < -0.39 is 12.5 Å². The first-order valence-electron chi connectivity index (χ1n) is 7.92. The van der Waals surface area contributed by atoms with Gasteiger partial charge < -0.3 is 10.4 Å². The molecule has 0 spiro atoms. The molecule has 0 aromatic heterocycles. The van der Waals surface area contributed by atoms with Crippen LogP contribution < -0.4 is 10.8 Å². The molecule has 1 heterocycles. The summed E-state index contributed by atoms with van der Waals surface area (Å²) in [5, 5.41) is 12.0. The highest BCUT2D eigenvalue weighted by atomic mass is 19.3. The van der Waals surface area contributed by atoms with Crippen LogP contribution in [-0.2, 0) is 4.84 Å². The maximum atomic E-state index is 12.3. The summed E-state index contributed by atoms with van der Waals surface area (Å²) in [6.45, 7) is 0.586. The molecule has 0 aromatic rings. The largest absolute Gasteiger partial charge is 0.394 e. The van der Waals surface area contributed by atoms with Gasteiger partial charge in [0.1, 0.15) is 6.10 Å². The van der Waals surface area contributed by atoms with E-state index in [-0.39, 0.29) is 31.2 Å². The average molecular weight is 321 g/mol. The fourth-order valence-electron chi connectivity index (χ4n) is 3.27. The summed E-state index contributed by atoms with van der Waals surface area (Å²) in [5.41, 5.74) is 2.32. The Kier molecular flexibility index (Phi) is 6.78. The summed E-state index contributed by atoms with van der Waals surface area (Å²) in [7, 11) is 0. The zero-order valence-electron chi connectivity index (χ0n) is 12.6. The van der Waals surface area contributed by atoms with E-state index in [2.05, 4.69) is 10.8 Å². The van der Waals surface area contributed by atoms with Crippen molar-refractivity contribution in [3.05, 3.63) is 0 Å². The molecule has 8 heteroatoms. The minimum atomic E-state index is -2.35. The molecule has 1 aliphatic heterocycles. The number of halogens is 2. The molecule has 1 aliphatic carbocycles. The summed E-state index contributed by atoms with van der Waals surface area (Å²) < 4.78 is 24.6. The van der Waals surface area contributed by atoms with Crippen molar-refractivity contribution in [2.75, 3.05) is 26.2 Å². The fourth-order valence-corrected chi connectivity index (χ4v) is 3.27. The van der Waals surface area contributed by atoms with Crippen molar-refractivity contribution in [3.8, 4) is 0 Å². The van der Waals surface area contributed by atoms with E-state index in [0.29, 0.717) is 19.5 Å². The van der Waals surface area contributed by atoms with Gasteiger partial charge in [0.2, 0.25) is 0 Å². The number of hydrogen-bond donors (Lipinski definition) is 3. The molecule has 22 heavy (non-hydrogen) atoms. The van der Waals surface area contributed by atoms with Crippen LogP contribution in [0.1, 0.15) is 32.1 Å². The van der Waals surface area contributed by atoms with Crippen molar-refractivity contribution in [3.63, 3.8) is 0 Å². The minimum absolute atomic E-state index is 0.128. The highest BCUT2D eigenvalue weighted by molar-refractivity contribution is 5.73. The summed E-state index contributed by atoms with van der Waals surface area (Å²) in [6.07, 6.45) is 2.16. The Labute approximate surface area is 129 Å². The number of carbonyl (C=O) groups excluding carboxylic acids is 1. The second-order valence-corrected chi connectivity index (χ2v) is 6.10. The summed E-state index contributed by atoms with van der Waals surface area (Å²) >= 11 is 0. The van der Waals surface area contributed by atoms with Gasteiger partial charge in [-0.2, -0.15) is 0 Å². The van der Waals surface area contributed by atoms with Crippen LogP contribution in [0, 0.1) is 5.92 Å². The van der Waals surface area contributed by atoms with Crippen LogP contribution >= 0.6 is 0 Å². The molecule has 6 nitrogen and oxygen atoms in total. The first-order valence-corrected chi connectivity index (χ1v) is 7.92. The number of nitrogens with zero attached hydrogens (tertiary/aromatic N) is 1. The summed E-state index contributed by atoms with van der Waals surface area (Å²) in [6, 6.07) is -0.637. The Balaban J connectivity index is 1.65. The number of amides is 2. The van der Waals surface area contributed by atoms with Crippen molar-refractivity contribution in [1.29, 1.82) is 0 Å². The molecular formula is C14H25F2N3O3. The summed E-state index contributed by atoms with van der Waals surface area (Å²) in [4.78, 5) is 18.7. The van der Waals surface area contributed by atoms with Crippen molar-refractivity contribution < 1.29 is 23.5 Å². The van der Waals surface area contributed by atoms with Crippen molar-refractivity contribution in [2.24, 2.45) is 5.92 Å². The predicted molar refractivity (Wildman–Crippen MR) is 76.4 cm³/mol. The smallest absolute Gasteiger partial charge is 0.338 e. The monoisotopic (exact) mass is 321 g/mol. The van der Waals surface area contributed by atoms with E-state index in [4.69, 9.17) is 4.84 Å². The van der Waals surface area contributed by atoms with Crippen LogP contribution in [0.25, 0.3) is 0 Å². The molecule has 2 aliphatic rings. The Bertz CT molecular complexity index is 354. The number of rotatable bonds is 7. The quantitative estimate of drug-likeness (QED) is 0.614. The van der Waals surface area contributed by atoms with Crippen LogP contribution in [-0.4, -0.2) is 60.8 Å². The maximum Gasteiger partial charge on any atom is 0.338 e. The van der Waals surface area contributed by atoms with Gasteiger partial charge in [0, 0.05) is 19.1 Å². The number of hydrogen-bond acceptors (Lipinski definition) is 4. The second-order valence-electron chi connectivity index (χ2n) is 6.10. The van der Waals surface area contributed by atoms with Crippen LogP contribution in [0.5, 0.6) is 0 Å². The number of carbonyl (C=O) groups is 1. The first-order chi connectivity index (χ1) is 10.6. The molecule has 2 atom stereocenters. The number of aliphatic hydroxyl groups is 1. The SMILES string of the molecule is O=C(NOC(CO)C1CCCC1)NC1CCN(CC(F)F)C1. The lowest BCUT2D eigenvalue weighted by atomic mass is 10.0. The van der Waals surface area contributed by atoms with Gasteiger partial charge in [0.05, 0.1) is 13.2 Å². The van der Waals surface area contributed by atoms with Gasteiger partial charge in [-0.25, -0.2) is 19.1 Å². The Morgan fingerprint density at radius 3 is 2.68 bits per heavy atom. The fraction of sp³-hybridized carbons (Fsp3) is 0.929. The third kappa shape index (κ3) is 5.33. The zero-order chi connectivity index (χ0) is 15.9. The molecule has 1 saturated heterocycles. The molecule has 0 radical (unpaired) electrons. The van der Waals surface area contributed by atoms with E-state index >= 15 is 0 Å². The van der Waals surface area contributed by atoms with Gasteiger partial charge in [0.25, 0.3) is 6.43 Å². The number of nitrogens with one attached hydrogen (secondary N) is 2. The van der Waals surface area contributed by atoms with Gasteiger partial charge in [-0.3, -0.25) is 9.74 Å². The Morgan fingerprint density at radius 1 is 1.32 bits per heavy atom. The third-order valence-corrected chi connectivity index (χ3v) is 4.41. The highest BCUT2D eigenvalue weighted by Crippen LogP contribution is 2.28. The lowest BCUT2D eigenvalue weighted by molar-refractivity contribution is -0.0615. The van der Waals surface area contributed by atoms with Crippen molar-refractivity contribution in [1.82, 2.24) is 15.7 Å². The maximum absolute atomic E-state index is 12.3. The molecule has 2 rings (SSSR count). The molecule has 2 fully saturated rings. The van der Waals surface area contributed by atoms with E-state index in [9.17, 15) is 18.7 Å². The summed E-state index contributed by atoms with van der Waals surface area (Å²) in [5.74, 6) is 0.276. The van der Waals surface area contributed by atoms with E-state index in [1.165, 1.54) is 0 Å². The molecular weight excluding hydrogens is 296 g/mol. The van der Waals surface area contributed by atoms with Gasteiger partial charge in [-0.05, 0) is 25.2 Å². The van der Waals surface area contributed by atoms with E-state index in [1.54, 1.807) is 4.90 Å². The lowest BCUT2D eigenvalue weighted by Crippen LogP contribution is -2.46. The van der Waals surface area contributed by atoms with E-state index in [0.717, 1.165) is 25.7 Å². The van der Waals surface area contributed by atoms with Crippen molar-refractivity contribution >= 4 is 6.03 Å². The van der Waals surface area contributed by atoms with Gasteiger partial charge >= 0.3 is 6.03 Å². The van der Waals surface area contributed by atoms with Crippen LogP contribution in [0.4, 0.5) is 13.6 Å². The second kappa shape index (κ2) is 8.59. The number of hydroxylamine groups is 1. The Morgan fingerprint density at radius 2 is 2.05 bits per heavy atom. The first kappa shape index (κ1) is 17.4. The average Bonchev–Trinajstić information content (AvgIpc) is 3.11. The molecule has 128 valence electrons. The van der Waals surface area contributed by atoms with Crippen molar-refractivity contribution in [2.45, 2.75) is 50.7 Å². The van der Waals surface area contributed by atoms with Gasteiger partial charge in [-0.15, -0.1) is 0 Å². The molecule has 1 saturated carbocycles. The number of urea groups is 1. The molecule has 2 amide bonds. The number of likely N-dealkylation sites (tertiary alicyclic amines) is 1. The Hall–Kier alpha value is -0.990. The minimum Gasteiger partial charge on any atom is -0.394 e. The van der Waals surface area contributed by atoms with Crippen LogP contribution in [0.15, 0.2) is 0 Å². The molecule has 0 aromatic carbocycles. The van der Waals surface area contributed by atoms with Crippen LogP contribution in [0.2, 0.25) is 0 Å². The standard InChI is InChI=1S/C14H25F2N3O3/c15-13(16)8-19-6-5-11(7-19)17-14(21)18-22-12(9-20)10-3-1-2-4-10/h10-13,20H,1-9H2,(H2,17,18,21). The lowest BCUT2D eigenvalue weighted by Gasteiger charge is -2.22. The molecule has 0 bridgehead atoms. The number of alkyl halides is 2. The van der Waals surface area contributed by atoms with Gasteiger partial charge in [-0.1, -0.05) is 12.8 Å². The highest BCUT2D eigenvalue weighted by Gasteiger charge is 2.28. The molecule has 2 unspecified atom stereocenters. The van der Waals surface area contributed by atoms with Gasteiger partial charge in [0.15, 0.2) is 0 Å². The number of aliphatic hydroxyl groups excluding tert-OH is 1. The predicted octanol–water partition coefficient (Wildman–Crippen LogP) is 1.11. The normalized spacial score (nSPS) is 24.8. The zero-order valence-corrected chi connectivity index (χ0v) is 12.6. The topological polar surface area (TPSA) is 73.8 Å². The van der Waals surface area contributed by atoms with Crippen LogP contribution in [0.3, 0.4) is 0 Å². The van der Waals surface area contributed by atoms with E-state index in [1.807, 2.05) is 0 Å². The third-order valence-electron chi connectivity index (χ3n) is 4.41.